The fraction of sp³-hybridized carbons (Fsp3) is 0.250. The SMILES string of the molecule is CCCCC(=O)Oc1ccc(Oc2ccccn2)cc1. The van der Waals surface area contributed by atoms with Crippen LogP contribution in [0.5, 0.6) is 17.4 Å². The Bertz CT molecular complexity index is 537. The van der Waals surface area contributed by atoms with E-state index in [9.17, 15) is 4.79 Å². The van der Waals surface area contributed by atoms with Crippen LogP contribution >= 0.6 is 0 Å². The van der Waals surface area contributed by atoms with Crippen LogP contribution in [-0.4, -0.2) is 11.0 Å². The second-order valence-corrected chi connectivity index (χ2v) is 4.32. The van der Waals surface area contributed by atoms with E-state index in [0.29, 0.717) is 23.8 Å². The van der Waals surface area contributed by atoms with Crippen LogP contribution < -0.4 is 9.47 Å². The molecule has 0 spiro atoms. The van der Waals surface area contributed by atoms with Crippen molar-refractivity contribution >= 4 is 5.97 Å². The number of esters is 1. The molecule has 0 fully saturated rings. The molecule has 0 saturated carbocycles. The van der Waals surface area contributed by atoms with E-state index in [1.54, 1.807) is 36.5 Å². The summed E-state index contributed by atoms with van der Waals surface area (Å²) in [6.45, 7) is 2.04. The van der Waals surface area contributed by atoms with Gasteiger partial charge >= 0.3 is 5.97 Å². The van der Waals surface area contributed by atoms with E-state index in [0.717, 1.165) is 12.8 Å². The maximum atomic E-state index is 11.5. The van der Waals surface area contributed by atoms with Crippen LogP contribution in [0.2, 0.25) is 0 Å². The fourth-order valence-electron chi connectivity index (χ4n) is 1.61. The van der Waals surface area contributed by atoms with Crippen molar-refractivity contribution in [3.8, 4) is 17.4 Å². The third-order valence-corrected chi connectivity index (χ3v) is 2.65. The first kappa shape index (κ1) is 14.1. The summed E-state index contributed by atoms with van der Waals surface area (Å²) < 4.78 is 10.8. The van der Waals surface area contributed by atoms with Crippen LogP contribution in [0.25, 0.3) is 0 Å². The highest BCUT2D eigenvalue weighted by Gasteiger charge is 2.04. The quantitative estimate of drug-likeness (QED) is 0.589. The number of hydrogen-bond acceptors (Lipinski definition) is 4. The zero-order valence-electron chi connectivity index (χ0n) is 11.4. The molecular weight excluding hydrogens is 254 g/mol. The van der Waals surface area contributed by atoms with E-state index in [4.69, 9.17) is 9.47 Å². The maximum Gasteiger partial charge on any atom is 0.311 e. The molecule has 4 nitrogen and oxygen atoms in total. The summed E-state index contributed by atoms with van der Waals surface area (Å²) in [5, 5.41) is 0. The van der Waals surface area contributed by atoms with Gasteiger partial charge in [-0.15, -0.1) is 0 Å². The lowest BCUT2D eigenvalue weighted by Crippen LogP contribution is -2.07. The molecule has 104 valence electrons. The van der Waals surface area contributed by atoms with E-state index < -0.39 is 0 Å². The Morgan fingerprint density at radius 1 is 1.10 bits per heavy atom. The highest BCUT2D eigenvalue weighted by atomic mass is 16.5. The first-order valence-corrected chi connectivity index (χ1v) is 6.67. The normalized spacial score (nSPS) is 10.1. The molecule has 0 aliphatic carbocycles. The molecule has 1 aromatic heterocycles. The van der Waals surface area contributed by atoms with Crippen molar-refractivity contribution in [1.29, 1.82) is 0 Å². The van der Waals surface area contributed by atoms with Crippen molar-refractivity contribution in [1.82, 2.24) is 4.98 Å². The summed E-state index contributed by atoms with van der Waals surface area (Å²) in [6.07, 6.45) is 3.94. The first-order chi connectivity index (χ1) is 9.78. The minimum absolute atomic E-state index is 0.203. The third kappa shape index (κ3) is 4.39. The summed E-state index contributed by atoms with van der Waals surface area (Å²) >= 11 is 0. The number of carbonyl (C=O) groups excluding carboxylic acids is 1. The van der Waals surface area contributed by atoms with Gasteiger partial charge in [0.25, 0.3) is 0 Å². The van der Waals surface area contributed by atoms with Gasteiger partial charge in [0.1, 0.15) is 11.5 Å². The number of benzene rings is 1. The summed E-state index contributed by atoms with van der Waals surface area (Å²) in [5.74, 6) is 1.50. The summed E-state index contributed by atoms with van der Waals surface area (Å²) in [7, 11) is 0. The minimum Gasteiger partial charge on any atom is -0.439 e. The summed E-state index contributed by atoms with van der Waals surface area (Å²) in [4.78, 5) is 15.6. The van der Waals surface area contributed by atoms with Gasteiger partial charge < -0.3 is 9.47 Å². The number of unbranched alkanes of at least 4 members (excludes halogenated alkanes) is 1. The van der Waals surface area contributed by atoms with Crippen molar-refractivity contribution in [2.75, 3.05) is 0 Å². The predicted octanol–water partition coefficient (Wildman–Crippen LogP) is 3.97. The number of nitrogens with zero attached hydrogens (tertiary/aromatic N) is 1. The Balaban J connectivity index is 1.91. The van der Waals surface area contributed by atoms with Crippen LogP contribution in [0.4, 0.5) is 0 Å². The van der Waals surface area contributed by atoms with E-state index in [1.165, 1.54) is 0 Å². The standard InChI is InChI=1S/C16H17NO3/c1-2-3-7-16(18)20-14-10-8-13(9-11-14)19-15-6-4-5-12-17-15/h4-6,8-12H,2-3,7H2,1H3. The number of pyridine rings is 1. The van der Waals surface area contributed by atoms with Gasteiger partial charge in [0.15, 0.2) is 0 Å². The number of hydrogen-bond donors (Lipinski definition) is 0. The van der Waals surface area contributed by atoms with E-state index in [-0.39, 0.29) is 5.97 Å². The monoisotopic (exact) mass is 271 g/mol. The zero-order chi connectivity index (χ0) is 14.2. The van der Waals surface area contributed by atoms with Crippen molar-refractivity contribution < 1.29 is 14.3 Å². The number of ether oxygens (including phenoxy) is 2. The highest BCUT2D eigenvalue weighted by molar-refractivity contribution is 5.72. The van der Waals surface area contributed by atoms with E-state index in [2.05, 4.69) is 4.98 Å². The Labute approximate surface area is 118 Å². The molecule has 0 radical (unpaired) electrons. The van der Waals surface area contributed by atoms with Gasteiger partial charge in [-0.3, -0.25) is 4.79 Å². The number of aromatic nitrogens is 1. The van der Waals surface area contributed by atoms with Crippen LogP contribution in [0.15, 0.2) is 48.7 Å². The van der Waals surface area contributed by atoms with Crippen molar-refractivity contribution in [3.63, 3.8) is 0 Å². The fourth-order valence-corrected chi connectivity index (χ4v) is 1.61. The summed E-state index contributed by atoms with van der Waals surface area (Å²) in [6, 6.07) is 12.4. The third-order valence-electron chi connectivity index (χ3n) is 2.65. The van der Waals surface area contributed by atoms with Crippen molar-refractivity contribution in [2.24, 2.45) is 0 Å². The van der Waals surface area contributed by atoms with Crippen molar-refractivity contribution in [2.45, 2.75) is 26.2 Å². The van der Waals surface area contributed by atoms with Gasteiger partial charge in [0.2, 0.25) is 5.88 Å². The molecule has 2 aromatic rings. The average molecular weight is 271 g/mol. The number of carbonyl (C=O) groups is 1. The van der Waals surface area contributed by atoms with Gasteiger partial charge in [0, 0.05) is 18.7 Å². The Kier molecular flexibility index (Phi) is 5.12. The second kappa shape index (κ2) is 7.28. The lowest BCUT2D eigenvalue weighted by Gasteiger charge is -2.06. The van der Waals surface area contributed by atoms with Crippen LogP contribution in [0.3, 0.4) is 0 Å². The van der Waals surface area contributed by atoms with Crippen molar-refractivity contribution in [3.05, 3.63) is 48.7 Å². The lowest BCUT2D eigenvalue weighted by molar-refractivity contribution is -0.134. The molecule has 20 heavy (non-hydrogen) atoms. The molecule has 1 heterocycles. The van der Waals surface area contributed by atoms with Gasteiger partial charge in [-0.05, 0) is 36.8 Å². The Hall–Kier alpha value is -2.36. The van der Waals surface area contributed by atoms with Crippen LogP contribution in [0, 0.1) is 0 Å². The van der Waals surface area contributed by atoms with Gasteiger partial charge in [-0.1, -0.05) is 19.4 Å². The minimum atomic E-state index is -0.203. The van der Waals surface area contributed by atoms with Gasteiger partial charge in [0.05, 0.1) is 0 Å². The molecule has 0 aliphatic heterocycles. The van der Waals surface area contributed by atoms with Gasteiger partial charge in [-0.25, -0.2) is 4.98 Å². The van der Waals surface area contributed by atoms with Crippen LogP contribution in [-0.2, 0) is 4.79 Å². The second-order valence-electron chi connectivity index (χ2n) is 4.32. The Morgan fingerprint density at radius 3 is 2.50 bits per heavy atom. The topological polar surface area (TPSA) is 48.4 Å². The molecule has 0 atom stereocenters. The molecule has 0 saturated heterocycles. The molecule has 4 heteroatoms. The molecule has 0 aliphatic rings. The summed E-state index contributed by atoms with van der Waals surface area (Å²) in [5.41, 5.74) is 0. The highest BCUT2D eigenvalue weighted by Crippen LogP contribution is 2.22. The molecule has 0 amide bonds. The predicted molar refractivity (Wildman–Crippen MR) is 75.9 cm³/mol. The Morgan fingerprint density at radius 2 is 1.85 bits per heavy atom. The maximum absolute atomic E-state index is 11.5. The number of rotatable bonds is 6. The molecular formula is C16H17NO3. The molecule has 1 aromatic carbocycles. The largest absolute Gasteiger partial charge is 0.439 e. The molecule has 2 rings (SSSR count). The zero-order valence-corrected chi connectivity index (χ0v) is 11.4. The lowest BCUT2D eigenvalue weighted by atomic mass is 10.2. The average Bonchev–Trinajstić information content (AvgIpc) is 2.48. The smallest absolute Gasteiger partial charge is 0.311 e. The van der Waals surface area contributed by atoms with Crippen LogP contribution in [0.1, 0.15) is 26.2 Å². The molecule has 0 unspecified atom stereocenters. The first-order valence-electron chi connectivity index (χ1n) is 6.67. The van der Waals surface area contributed by atoms with E-state index >= 15 is 0 Å². The van der Waals surface area contributed by atoms with E-state index in [1.807, 2.05) is 19.1 Å². The molecule has 0 bridgehead atoms. The molecule has 0 N–H and O–H groups in total. The van der Waals surface area contributed by atoms with Gasteiger partial charge in [-0.2, -0.15) is 0 Å².